The quantitative estimate of drug-likeness (QED) is 0.422. The third-order valence-electron chi connectivity index (χ3n) is 1.25. The number of nitrogens with two attached hydrogens (primary N) is 1. The maximum Gasteiger partial charge on any atom is 0.115 e. The van der Waals surface area contributed by atoms with Gasteiger partial charge in [-0.25, -0.2) is 0 Å². The van der Waals surface area contributed by atoms with E-state index in [-0.39, 0.29) is 0 Å². The van der Waals surface area contributed by atoms with E-state index >= 15 is 0 Å². The molecule has 0 heterocycles. The van der Waals surface area contributed by atoms with E-state index in [1.165, 1.54) is 0 Å². The number of allylic oxidation sites excluding steroid dienone is 2. The Kier molecular flexibility index (Phi) is 1.80. The zero-order valence-electron chi connectivity index (χ0n) is 5.34. The van der Waals surface area contributed by atoms with Gasteiger partial charge in [-0.2, -0.15) is 5.26 Å². The van der Waals surface area contributed by atoms with Crippen molar-refractivity contribution in [2.24, 2.45) is 5.73 Å². The molecule has 0 radical (unpaired) electrons. The van der Waals surface area contributed by atoms with Crippen molar-refractivity contribution in [2.45, 2.75) is 11.4 Å². The highest BCUT2D eigenvalue weighted by Crippen LogP contribution is 2.21. The summed E-state index contributed by atoms with van der Waals surface area (Å²) in [5.41, 5.74) is 6.06. The molecule has 10 heavy (non-hydrogen) atoms. The summed E-state index contributed by atoms with van der Waals surface area (Å²) in [5, 5.41) is 8.44. The number of nitrogens with zero attached hydrogens (tertiary/aromatic N) is 1. The van der Waals surface area contributed by atoms with Gasteiger partial charge in [-0.15, -0.1) is 0 Å². The van der Waals surface area contributed by atoms with Crippen LogP contribution in [0.1, 0.15) is 6.42 Å². The lowest BCUT2D eigenvalue weighted by molar-refractivity contribution is 0.739. The van der Waals surface area contributed by atoms with Crippen LogP contribution >= 0.6 is 11.6 Å². The first-order valence-corrected chi connectivity index (χ1v) is 3.29. The van der Waals surface area contributed by atoms with Gasteiger partial charge >= 0.3 is 0 Å². The molecule has 0 saturated heterocycles. The predicted molar refractivity (Wildman–Crippen MR) is 40.2 cm³/mol. The van der Waals surface area contributed by atoms with Crippen molar-refractivity contribution >= 4 is 11.6 Å². The summed E-state index contributed by atoms with van der Waals surface area (Å²) in [4.78, 5) is -0.847. The molecule has 52 valence electrons. The van der Waals surface area contributed by atoms with Crippen molar-refractivity contribution in [3.05, 3.63) is 23.8 Å². The van der Waals surface area contributed by atoms with Gasteiger partial charge in [0.1, 0.15) is 5.00 Å². The van der Waals surface area contributed by atoms with E-state index in [1.54, 1.807) is 18.2 Å². The standard InChI is InChI=1S/C7H7ClN2/c8-7(10)3-1-2-6(4-7)5-9/h1-2,4H,3,10H2/t7-/m1/s1. The Hall–Kier alpha value is -0.780. The summed E-state index contributed by atoms with van der Waals surface area (Å²) in [6, 6.07) is 1.97. The van der Waals surface area contributed by atoms with Crippen LogP contribution in [-0.2, 0) is 0 Å². The van der Waals surface area contributed by atoms with Gasteiger partial charge in [0.15, 0.2) is 0 Å². The minimum absolute atomic E-state index is 0.531. The highest BCUT2D eigenvalue weighted by atomic mass is 35.5. The van der Waals surface area contributed by atoms with Crippen molar-refractivity contribution in [1.29, 1.82) is 5.26 Å². The molecule has 1 aliphatic rings. The van der Waals surface area contributed by atoms with Gasteiger partial charge < -0.3 is 5.73 Å². The smallest absolute Gasteiger partial charge is 0.115 e. The molecule has 1 rings (SSSR count). The molecular formula is C7H7ClN2. The van der Waals surface area contributed by atoms with E-state index in [0.717, 1.165) is 0 Å². The number of hydrogen-bond acceptors (Lipinski definition) is 2. The Bertz CT molecular complexity index is 232. The molecule has 0 amide bonds. The zero-order valence-corrected chi connectivity index (χ0v) is 6.10. The number of alkyl halides is 1. The second-order valence-electron chi connectivity index (χ2n) is 2.24. The van der Waals surface area contributed by atoms with Crippen LogP contribution in [0.15, 0.2) is 23.8 Å². The largest absolute Gasteiger partial charge is 0.309 e. The number of halogens is 1. The minimum Gasteiger partial charge on any atom is -0.309 e. The molecule has 0 unspecified atom stereocenters. The normalized spacial score (nSPS) is 31.1. The highest BCUT2D eigenvalue weighted by Gasteiger charge is 2.19. The summed E-state index contributed by atoms with van der Waals surface area (Å²) in [6.45, 7) is 0. The second-order valence-corrected chi connectivity index (χ2v) is 2.95. The van der Waals surface area contributed by atoms with Crippen LogP contribution < -0.4 is 5.73 Å². The lowest BCUT2D eigenvalue weighted by Crippen LogP contribution is -2.31. The maximum atomic E-state index is 8.44. The molecule has 1 atom stereocenters. The van der Waals surface area contributed by atoms with E-state index < -0.39 is 5.00 Å². The molecule has 0 aromatic carbocycles. The third kappa shape index (κ3) is 1.60. The van der Waals surface area contributed by atoms with Crippen molar-refractivity contribution in [3.63, 3.8) is 0 Å². The molecule has 0 bridgehead atoms. The Morgan fingerprint density at radius 1 is 1.80 bits per heavy atom. The lowest BCUT2D eigenvalue weighted by Gasteiger charge is -2.17. The summed E-state index contributed by atoms with van der Waals surface area (Å²) >= 11 is 5.74. The molecule has 0 fully saturated rings. The Morgan fingerprint density at radius 3 is 2.90 bits per heavy atom. The average molecular weight is 155 g/mol. The van der Waals surface area contributed by atoms with Crippen LogP contribution in [0, 0.1) is 11.3 Å². The van der Waals surface area contributed by atoms with Crippen LogP contribution in [0.2, 0.25) is 0 Å². The van der Waals surface area contributed by atoms with E-state index in [1.807, 2.05) is 6.07 Å². The van der Waals surface area contributed by atoms with Crippen molar-refractivity contribution in [2.75, 3.05) is 0 Å². The molecule has 2 N–H and O–H groups in total. The fourth-order valence-corrected chi connectivity index (χ4v) is 1.01. The zero-order chi connectivity index (χ0) is 7.61. The molecular weight excluding hydrogens is 148 g/mol. The Labute approximate surface area is 64.6 Å². The van der Waals surface area contributed by atoms with Gasteiger partial charge in [-0.1, -0.05) is 17.7 Å². The van der Waals surface area contributed by atoms with E-state index in [2.05, 4.69) is 0 Å². The first-order chi connectivity index (χ1) is 4.64. The summed E-state index contributed by atoms with van der Waals surface area (Å²) < 4.78 is 0. The first-order valence-electron chi connectivity index (χ1n) is 2.91. The minimum atomic E-state index is -0.847. The van der Waals surface area contributed by atoms with Crippen LogP contribution in [0.25, 0.3) is 0 Å². The lowest BCUT2D eigenvalue weighted by atomic mass is 10.0. The summed E-state index contributed by atoms with van der Waals surface area (Å²) in [7, 11) is 0. The van der Waals surface area contributed by atoms with Crippen molar-refractivity contribution in [1.82, 2.24) is 0 Å². The van der Waals surface area contributed by atoms with Gasteiger partial charge in [0.25, 0.3) is 0 Å². The first kappa shape index (κ1) is 7.33. The van der Waals surface area contributed by atoms with Crippen molar-refractivity contribution in [3.8, 4) is 6.07 Å². The summed E-state index contributed by atoms with van der Waals surface area (Å²) in [6.07, 6.45) is 5.66. The molecule has 0 aliphatic heterocycles. The van der Waals surface area contributed by atoms with Crippen LogP contribution in [-0.4, -0.2) is 5.00 Å². The van der Waals surface area contributed by atoms with Gasteiger partial charge in [0.2, 0.25) is 0 Å². The Balaban J connectivity index is 2.88. The molecule has 0 spiro atoms. The highest BCUT2D eigenvalue weighted by molar-refractivity contribution is 6.25. The van der Waals surface area contributed by atoms with Gasteiger partial charge in [0, 0.05) is 6.42 Å². The van der Waals surface area contributed by atoms with Crippen LogP contribution in [0.5, 0.6) is 0 Å². The molecule has 2 nitrogen and oxygen atoms in total. The SMILES string of the molecule is N#CC1=C[C@@](N)(Cl)CC=C1. The molecule has 1 aliphatic carbocycles. The fraction of sp³-hybridized carbons (Fsp3) is 0.286. The van der Waals surface area contributed by atoms with E-state index in [4.69, 9.17) is 22.6 Å². The van der Waals surface area contributed by atoms with Crippen LogP contribution in [0.3, 0.4) is 0 Å². The number of rotatable bonds is 0. The van der Waals surface area contributed by atoms with Gasteiger partial charge in [0.05, 0.1) is 11.6 Å². The topological polar surface area (TPSA) is 49.8 Å². The molecule has 0 aromatic rings. The summed E-state index contributed by atoms with van der Waals surface area (Å²) in [5.74, 6) is 0. The maximum absolute atomic E-state index is 8.44. The van der Waals surface area contributed by atoms with Gasteiger partial charge in [-0.05, 0) is 12.2 Å². The number of nitriles is 1. The molecule has 0 aromatic heterocycles. The van der Waals surface area contributed by atoms with E-state index in [0.29, 0.717) is 12.0 Å². The van der Waals surface area contributed by atoms with Crippen molar-refractivity contribution < 1.29 is 0 Å². The third-order valence-corrected chi connectivity index (χ3v) is 1.52. The second kappa shape index (κ2) is 2.45. The fourth-order valence-electron chi connectivity index (χ4n) is 0.802. The van der Waals surface area contributed by atoms with E-state index in [9.17, 15) is 0 Å². The van der Waals surface area contributed by atoms with Gasteiger partial charge in [-0.3, -0.25) is 0 Å². The Morgan fingerprint density at radius 2 is 2.50 bits per heavy atom. The number of hydrogen-bond donors (Lipinski definition) is 1. The van der Waals surface area contributed by atoms with Crippen LogP contribution in [0.4, 0.5) is 0 Å². The molecule has 0 saturated carbocycles. The molecule has 3 heteroatoms. The average Bonchev–Trinajstić information content (AvgIpc) is 1.86. The monoisotopic (exact) mass is 154 g/mol. The predicted octanol–water partition coefficient (Wildman–Crippen LogP) is 1.29.